The summed E-state index contributed by atoms with van der Waals surface area (Å²) >= 11 is 0. The lowest BCUT2D eigenvalue weighted by Crippen LogP contribution is -1.93. The second-order valence-electron chi connectivity index (χ2n) is 6.46. The van der Waals surface area contributed by atoms with Crippen LogP contribution in [0.2, 0.25) is 0 Å². The third-order valence-corrected chi connectivity index (χ3v) is 3.89. The van der Waals surface area contributed by atoms with Gasteiger partial charge in [-0.1, -0.05) is 47.4 Å². The molecule has 0 bridgehead atoms. The smallest absolute Gasteiger partial charge is 0.0440 e. The van der Waals surface area contributed by atoms with Gasteiger partial charge in [-0.3, -0.25) is 0 Å². The molecule has 1 aromatic rings. The van der Waals surface area contributed by atoms with Gasteiger partial charge in [-0.05, 0) is 37.8 Å². The van der Waals surface area contributed by atoms with Gasteiger partial charge in [0.1, 0.15) is 0 Å². The highest BCUT2D eigenvalue weighted by atomic mass is 16.3. The standard InChI is InChI=1S/C26H30O4/c27-17-9-1-5-13-23-21-25(15-7-3-11-19-29)26(16-8-4-12-20-30)22-24(23)14-6-2-10-18-28/h21-22,27-30H,1-4,9-12,17-20H2. The first kappa shape index (κ1) is 25.3. The Hall–Kier alpha value is -2.70. The van der Waals surface area contributed by atoms with Gasteiger partial charge in [-0.25, -0.2) is 0 Å². The SMILES string of the molecule is OCCCC#Cc1cc(C#CCCCO)c(C#CCCCO)cc1C#CCCCO. The summed E-state index contributed by atoms with van der Waals surface area (Å²) in [6.45, 7) is 0.414. The molecule has 1 rings (SSSR count). The Morgan fingerprint density at radius 2 is 0.667 bits per heavy atom. The zero-order chi connectivity index (χ0) is 21.9. The molecule has 4 heteroatoms. The van der Waals surface area contributed by atoms with Crippen molar-refractivity contribution in [1.29, 1.82) is 0 Å². The molecule has 0 fully saturated rings. The molecule has 0 aliphatic carbocycles. The molecule has 0 atom stereocenters. The van der Waals surface area contributed by atoms with E-state index in [2.05, 4.69) is 47.4 Å². The molecule has 158 valence electrons. The summed E-state index contributed by atoms with van der Waals surface area (Å²) in [6, 6.07) is 3.79. The molecule has 0 spiro atoms. The van der Waals surface area contributed by atoms with Crippen LogP contribution in [0.1, 0.15) is 73.6 Å². The largest absolute Gasteiger partial charge is 0.396 e. The van der Waals surface area contributed by atoms with Crippen LogP contribution >= 0.6 is 0 Å². The van der Waals surface area contributed by atoms with Crippen LogP contribution in [0.15, 0.2) is 12.1 Å². The Balaban J connectivity index is 3.37. The fourth-order valence-corrected chi connectivity index (χ4v) is 2.31. The average Bonchev–Trinajstić information content (AvgIpc) is 2.76. The molecule has 0 aliphatic rings. The second-order valence-corrected chi connectivity index (χ2v) is 6.46. The third-order valence-electron chi connectivity index (χ3n) is 3.89. The fourth-order valence-electron chi connectivity index (χ4n) is 2.31. The van der Waals surface area contributed by atoms with Crippen LogP contribution in [0.4, 0.5) is 0 Å². The van der Waals surface area contributed by atoms with Crippen LogP contribution in [0.5, 0.6) is 0 Å². The van der Waals surface area contributed by atoms with Gasteiger partial charge in [0.15, 0.2) is 0 Å². The van der Waals surface area contributed by atoms with Crippen molar-refractivity contribution in [2.24, 2.45) is 0 Å². The molecule has 0 unspecified atom stereocenters. The maximum atomic E-state index is 8.95. The van der Waals surface area contributed by atoms with Gasteiger partial charge in [0.05, 0.1) is 0 Å². The zero-order valence-electron chi connectivity index (χ0n) is 17.4. The molecule has 0 aromatic heterocycles. The summed E-state index contributed by atoms with van der Waals surface area (Å²) in [4.78, 5) is 0. The molecule has 0 amide bonds. The van der Waals surface area contributed by atoms with Gasteiger partial charge < -0.3 is 20.4 Å². The summed E-state index contributed by atoms with van der Waals surface area (Å²) in [5, 5.41) is 35.8. The van der Waals surface area contributed by atoms with Gasteiger partial charge in [0, 0.05) is 74.4 Å². The van der Waals surface area contributed by atoms with E-state index in [0.717, 1.165) is 22.3 Å². The van der Waals surface area contributed by atoms with E-state index in [4.69, 9.17) is 20.4 Å². The Morgan fingerprint density at radius 3 is 0.867 bits per heavy atom. The van der Waals surface area contributed by atoms with E-state index in [9.17, 15) is 0 Å². The Kier molecular flexibility index (Phi) is 14.5. The van der Waals surface area contributed by atoms with E-state index in [1.807, 2.05) is 12.1 Å². The topological polar surface area (TPSA) is 80.9 Å². The van der Waals surface area contributed by atoms with E-state index in [1.54, 1.807) is 0 Å². The average molecular weight is 407 g/mol. The first-order chi connectivity index (χ1) is 14.8. The number of aliphatic hydroxyl groups is 4. The van der Waals surface area contributed by atoms with Crippen molar-refractivity contribution in [3.05, 3.63) is 34.4 Å². The summed E-state index contributed by atoms with van der Waals surface area (Å²) in [5.74, 6) is 24.8. The summed E-state index contributed by atoms with van der Waals surface area (Å²) in [7, 11) is 0. The first-order valence-corrected chi connectivity index (χ1v) is 10.3. The quantitative estimate of drug-likeness (QED) is 0.394. The molecule has 0 aliphatic heterocycles. The minimum atomic E-state index is 0.104. The van der Waals surface area contributed by atoms with Crippen LogP contribution < -0.4 is 0 Å². The van der Waals surface area contributed by atoms with Crippen molar-refractivity contribution in [2.45, 2.75) is 51.4 Å². The number of hydrogen-bond acceptors (Lipinski definition) is 4. The van der Waals surface area contributed by atoms with Crippen LogP contribution in [0, 0.1) is 47.4 Å². The second kappa shape index (κ2) is 17.2. The number of aliphatic hydroxyl groups excluding tert-OH is 4. The maximum absolute atomic E-state index is 8.95. The minimum Gasteiger partial charge on any atom is -0.396 e. The van der Waals surface area contributed by atoms with Crippen molar-refractivity contribution in [2.75, 3.05) is 26.4 Å². The van der Waals surface area contributed by atoms with Crippen molar-refractivity contribution in [3.63, 3.8) is 0 Å². The molecule has 0 heterocycles. The molecule has 0 saturated carbocycles. The first-order valence-electron chi connectivity index (χ1n) is 10.3. The van der Waals surface area contributed by atoms with E-state index in [1.165, 1.54) is 0 Å². The minimum absolute atomic E-state index is 0.104. The van der Waals surface area contributed by atoms with E-state index in [-0.39, 0.29) is 26.4 Å². The van der Waals surface area contributed by atoms with Crippen molar-refractivity contribution in [3.8, 4) is 47.4 Å². The van der Waals surface area contributed by atoms with Gasteiger partial charge in [-0.15, -0.1) is 0 Å². The van der Waals surface area contributed by atoms with E-state index in [0.29, 0.717) is 51.4 Å². The molecular formula is C26H30O4. The summed E-state index contributed by atoms with van der Waals surface area (Å²) in [6.07, 6.45) is 4.84. The van der Waals surface area contributed by atoms with Crippen LogP contribution in [-0.4, -0.2) is 46.9 Å². The number of unbranched alkanes of at least 4 members (excludes halogenated alkanes) is 4. The van der Waals surface area contributed by atoms with Gasteiger partial charge in [0.2, 0.25) is 0 Å². The molecule has 30 heavy (non-hydrogen) atoms. The highest BCUT2D eigenvalue weighted by Crippen LogP contribution is 2.16. The maximum Gasteiger partial charge on any atom is 0.0440 e. The van der Waals surface area contributed by atoms with Crippen molar-refractivity contribution >= 4 is 0 Å². The Bertz CT molecular complexity index is 740. The molecule has 0 saturated heterocycles. The van der Waals surface area contributed by atoms with E-state index >= 15 is 0 Å². The predicted molar refractivity (Wildman–Crippen MR) is 119 cm³/mol. The number of hydrogen-bond donors (Lipinski definition) is 4. The third kappa shape index (κ3) is 10.7. The van der Waals surface area contributed by atoms with Crippen LogP contribution in [0.25, 0.3) is 0 Å². The lowest BCUT2D eigenvalue weighted by Gasteiger charge is -2.03. The highest BCUT2D eigenvalue weighted by molar-refractivity contribution is 5.61. The molecule has 1 aromatic carbocycles. The zero-order valence-corrected chi connectivity index (χ0v) is 17.4. The van der Waals surface area contributed by atoms with E-state index < -0.39 is 0 Å². The lowest BCUT2D eigenvalue weighted by atomic mass is 9.98. The van der Waals surface area contributed by atoms with Crippen LogP contribution in [-0.2, 0) is 0 Å². The summed E-state index contributed by atoms with van der Waals surface area (Å²) < 4.78 is 0. The number of benzene rings is 1. The van der Waals surface area contributed by atoms with Gasteiger partial charge in [0.25, 0.3) is 0 Å². The van der Waals surface area contributed by atoms with Crippen LogP contribution in [0.3, 0.4) is 0 Å². The fraction of sp³-hybridized carbons (Fsp3) is 0.462. The normalized spacial score (nSPS) is 9.20. The Labute approximate surface area is 180 Å². The Morgan fingerprint density at radius 1 is 0.433 bits per heavy atom. The monoisotopic (exact) mass is 406 g/mol. The van der Waals surface area contributed by atoms with Gasteiger partial charge in [-0.2, -0.15) is 0 Å². The molecule has 4 nitrogen and oxygen atoms in total. The van der Waals surface area contributed by atoms with Gasteiger partial charge >= 0.3 is 0 Å². The molecule has 4 N–H and O–H groups in total. The summed E-state index contributed by atoms with van der Waals surface area (Å²) in [5.41, 5.74) is 3.04. The predicted octanol–water partition coefficient (Wildman–Crippen LogP) is 2.18. The highest BCUT2D eigenvalue weighted by Gasteiger charge is 2.05. The van der Waals surface area contributed by atoms with Crippen molar-refractivity contribution in [1.82, 2.24) is 0 Å². The lowest BCUT2D eigenvalue weighted by molar-refractivity contribution is 0.290. The number of rotatable bonds is 8. The molecule has 0 radical (unpaired) electrons. The molecular weight excluding hydrogens is 376 g/mol. The van der Waals surface area contributed by atoms with Crippen molar-refractivity contribution < 1.29 is 20.4 Å².